The van der Waals surface area contributed by atoms with Crippen LogP contribution in [0.25, 0.3) is 0 Å². The van der Waals surface area contributed by atoms with E-state index in [2.05, 4.69) is 13.8 Å². The normalized spacial score (nSPS) is 60.8. The Morgan fingerprint density at radius 1 is 0.821 bits per heavy atom. The van der Waals surface area contributed by atoms with Gasteiger partial charge in [-0.25, -0.2) is 0 Å². The molecule has 4 aliphatic carbocycles. The van der Waals surface area contributed by atoms with E-state index in [1.807, 2.05) is 0 Å². The van der Waals surface area contributed by atoms with E-state index in [0.717, 1.165) is 24.7 Å². The summed E-state index contributed by atoms with van der Waals surface area (Å²) >= 11 is 0. The quantitative estimate of drug-likeness (QED) is 0.685. The SMILES string of the molecule is C[C@]12CCCCC1C[C@H](N)[C@@H]1[C@@H]2CC[C@@]2(C)[C@H]1CC13OCCOC12OCCO3. The first-order valence-corrected chi connectivity index (χ1v) is 11.8. The number of rotatable bonds is 0. The number of fused-ring (bicyclic) bond motifs is 5. The Hall–Kier alpha value is -0.200. The van der Waals surface area contributed by atoms with E-state index in [-0.39, 0.29) is 11.5 Å². The van der Waals surface area contributed by atoms with Crippen molar-refractivity contribution in [2.75, 3.05) is 26.4 Å². The molecule has 0 bridgehead atoms. The van der Waals surface area contributed by atoms with Crippen molar-refractivity contribution in [3.05, 3.63) is 0 Å². The fourth-order valence-corrected chi connectivity index (χ4v) is 9.05. The molecule has 6 aliphatic rings. The summed E-state index contributed by atoms with van der Waals surface area (Å²) in [6.45, 7) is 7.35. The van der Waals surface area contributed by atoms with Crippen LogP contribution in [0.1, 0.15) is 65.2 Å². The molecule has 2 heterocycles. The Labute approximate surface area is 169 Å². The van der Waals surface area contributed by atoms with Crippen LogP contribution in [0.4, 0.5) is 0 Å². The van der Waals surface area contributed by atoms with Crippen LogP contribution >= 0.6 is 0 Å². The summed E-state index contributed by atoms with van der Waals surface area (Å²) in [4.78, 5) is 0. The zero-order valence-corrected chi connectivity index (χ0v) is 17.6. The molecule has 0 spiro atoms. The highest BCUT2D eigenvalue weighted by Crippen LogP contribution is 2.72. The van der Waals surface area contributed by atoms with Gasteiger partial charge in [-0.2, -0.15) is 0 Å². The molecule has 5 heteroatoms. The van der Waals surface area contributed by atoms with Gasteiger partial charge >= 0.3 is 0 Å². The van der Waals surface area contributed by atoms with Crippen LogP contribution in [0.3, 0.4) is 0 Å². The van der Waals surface area contributed by atoms with Gasteiger partial charge in [0.2, 0.25) is 11.6 Å². The van der Waals surface area contributed by atoms with Gasteiger partial charge in [0.1, 0.15) is 0 Å². The molecular formula is C23H37NO4. The van der Waals surface area contributed by atoms with E-state index >= 15 is 0 Å². The predicted molar refractivity (Wildman–Crippen MR) is 104 cm³/mol. The maximum Gasteiger partial charge on any atom is 0.229 e. The lowest BCUT2D eigenvalue weighted by Crippen LogP contribution is -2.70. The number of hydrogen-bond acceptors (Lipinski definition) is 5. The van der Waals surface area contributed by atoms with Crippen molar-refractivity contribution in [1.82, 2.24) is 0 Å². The fraction of sp³-hybridized carbons (Fsp3) is 1.00. The van der Waals surface area contributed by atoms with Crippen LogP contribution in [-0.4, -0.2) is 44.0 Å². The summed E-state index contributed by atoms with van der Waals surface area (Å²) < 4.78 is 25.7. The highest BCUT2D eigenvalue weighted by Gasteiger charge is 2.79. The smallest absolute Gasteiger partial charge is 0.229 e. The average Bonchev–Trinajstić information content (AvgIpc) is 2.95. The molecule has 0 aromatic rings. The van der Waals surface area contributed by atoms with Crippen molar-refractivity contribution < 1.29 is 18.9 Å². The monoisotopic (exact) mass is 391 g/mol. The zero-order chi connectivity index (χ0) is 19.2. The first-order valence-electron chi connectivity index (χ1n) is 11.8. The summed E-state index contributed by atoms with van der Waals surface area (Å²) in [5.41, 5.74) is 7.34. The predicted octanol–water partition coefficient (Wildman–Crippen LogP) is 3.45. The average molecular weight is 392 g/mol. The van der Waals surface area contributed by atoms with Gasteiger partial charge in [0.15, 0.2) is 0 Å². The second-order valence-electron chi connectivity index (χ2n) is 11.1. The summed E-state index contributed by atoms with van der Waals surface area (Å²) in [6, 6.07) is 0.279. The fourth-order valence-electron chi connectivity index (χ4n) is 9.05. The first kappa shape index (κ1) is 18.6. The van der Waals surface area contributed by atoms with E-state index in [1.54, 1.807) is 0 Å². The second-order valence-corrected chi connectivity index (χ2v) is 11.1. The van der Waals surface area contributed by atoms with Gasteiger partial charge in [0, 0.05) is 17.9 Å². The Balaban J connectivity index is 1.43. The maximum absolute atomic E-state index is 6.98. The van der Waals surface area contributed by atoms with Gasteiger partial charge in [-0.3, -0.25) is 0 Å². The van der Waals surface area contributed by atoms with Gasteiger partial charge in [0.05, 0.1) is 26.4 Å². The third-order valence-corrected chi connectivity index (χ3v) is 10.3. The van der Waals surface area contributed by atoms with E-state index < -0.39 is 11.6 Å². The molecule has 6 fully saturated rings. The molecule has 4 saturated carbocycles. The van der Waals surface area contributed by atoms with Crippen molar-refractivity contribution in [3.8, 4) is 0 Å². The van der Waals surface area contributed by atoms with Crippen LogP contribution in [0.15, 0.2) is 0 Å². The Kier molecular flexibility index (Phi) is 3.94. The largest absolute Gasteiger partial charge is 0.343 e. The van der Waals surface area contributed by atoms with Gasteiger partial charge in [-0.15, -0.1) is 0 Å². The Morgan fingerprint density at radius 2 is 1.54 bits per heavy atom. The van der Waals surface area contributed by atoms with Gasteiger partial charge < -0.3 is 24.7 Å². The molecule has 0 aromatic heterocycles. The minimum absolute atomic E-state index is 0.0928. The summed E-state index contributed by atoms with van der Waals surface area (Å²) in [5, 5.41) is 0. The Bertz CT molecular complexity index is 643. The minimum Gasteiger partial charge on any atom is -0.343 e. The van der Waals surface area contributed by atoms with Gasteiger partial charge in [0.25, 0.3) is 0 Å². The molecule has 7 atom stereocenters. The van der Waals surface area contributed by atoms with Crippen molar-refractivity contribution in [2.45, 2.75) is 82.8 Å². The van der Waals surface area contributed by atoms with E-state index in [9.17, 15) is 0 Å². The molecule has 2 saturated heterocycles. The molecule has 6 rings (SSSR count). The molecule has 158 valence electrons. The Morgan fingerprint density at radius 3 is 2.29 bits per heavy atom. The van der Waals surface area contributed by atoms with Gasteiger partial charge in [-0.05, 0) is 61.2 Å². The molecule has 28 heavy (non-hydrogen) atoms. The van der Waals surface area contributed by atoms with Crippen molar-refractivity contribution >= 4 is 0 Å². The van der Waals surface area contributed by atoms with E-state index in [4.69, 9.17) is 24.7 Å². The minimum atomic E-state index is -0.754. The summed E-state index contributed by atoms with van der Waals surface area (Å²) in [5.74, 6) is 1.00. The number of hydrogen-bond donors (Lipinski definition) is 1. The highest BCUT2D eigenvalue weighted by atomic mass is 16.8. The lowest BCUT2D eigenvalue weighted by molar-refractivity contribution is -0.474. The van der Waals surface area contributed by atoms with Crippen LogP contribution in [0.5, 0.6) is 0 Å². The van der Waals surface area contributed by atoms with Crippen LogP contribution in [-0.2, 0) is 18.9 Å². The zero-order valence-electron chi connectivity index (χ0n) is 17.6. The molecule has 0 radical (unpaired) electrons. The van der Waals surface area contributed by atoms with E-state index in [1.165, 1.54) is 38.5 Å². The molecule has 2 aliphatic heterocycles. The molecule has 0 amide bonds. The molecule has 1 unspecified atom stereocenters. The molecular weight excluding hydrogens is 354 g/mol. The van der Waals surface area contributed by atoms with E-state index in [0.29, 0.717) is 43.7 Å². The third-order valence-electron chi connectivity index (χ3n) is 10.3. The summed E-state index contributed by atoms with van der Waals surface area (Å²) in [6.07, 6.45) is 9.96. The topological polar surface area (TPSA) is 62.9 Å². The summed E-state index contributed by atoms with van der Waals surface area (Å²) in [7, 11) is 0. The third kappa shape index (κ3) is 2.01. The maximum atomic E-state index is 6.98. The molecule has 5 nitrogen and oxygen atoms in total. The van der Waals surface area contributed by atoms with Crippen LogP contribution in [0, 0.1) is 34.5 Å². The van der Waals surface area contributed by atoms with Crippen molar-refractivity contribution in [2.24, 2.45) is 40.2 Å². The van der Waals surface area contributed by atoms with Crippen molar-refractivity contribution in [3.63, 3.8) is 0 Å². The van der Waals surface area contributed by atoms with Crippen molar-refractivity contribution in [1.29, 1.82) is 0 Å². The molecule has 0 aromatic carbocycles. The number of nitrogens with two attached hydrogens (primary N) is 1. The highest BCUT2D eigenvalue weighted by molar-refractivity contribution is 5.20. The van der Waals surface area contributed by atoms with Crippen LogP contribution < -0.4 is 5.73 Å². The lowest BCUT2D eigenvalue weighted by atomic mass is 9.44. The first-order chi connectivity index (χ1) is 13.5. The second kappa shape index (κ2) is 5.94. The molecule has 2 N–H and O–H groups in total. The van der Waals surface area contributed by atoms with Crippen LogP contribution in [0.2, 0.25) is 0 Å². The van der Waals surface area contributed by atoms with Gasteiger partial charge in [-0.1, -0.05) is 26.7 Å². The standard InChI is InChI=1S/C23H37NO4/c1-20-7-4-3-5-15(20)13-18(24)19-16(20)6-8-21(2)17(19)14-22-23(21,27-11-9-25-22)28-12-10-26-22/h15-19H,3-14,24H2,1-2H3/t15?,16-,17-,18-,19+,20-,21-,22?,23?/m0/s1. The lowest BCUT2D eigenvalue weighted by Gasteiger charge is -2.63. The number of ether oxygens (including phenoxy) is 4.